The molecule has 11 heteroatoms. The van der Waals surface area contributed by atoms with Crippen LogP contribution in [0.3, 0.4) is 0 Å². The third-order valence-corrected chi connectivity index (χ3v) is 6.77. The molecule has 11 nitrogen and oxygen atoms in total. The minimum atomic E-state index is -0.367. The van der Waals surface area contributed by atoms with Gasteiger partial charge in [0.2, 0.25) is 6.79 Å². The van der Waals surface area contributed by atoms with Crippen LogP contribution in [-0.4, -0.2) is 87.7 Å². The summed E-state index contributed by atoms with van der Waals surface area (Å²) >= 11 is 0. The van der Waals surface area contributed by atoms with Crippen LogP contribution in [0, 0.1) is 0 Å². The quantitative estimate of drug-likeness (QED) is 0.598. The van der Waals surface area contributed by atoms with Gasteiger partial charge in [-0.25, -0.2) is 4.68 Å². The van der Waals surface area contributed by atoms with Crippen LogP contribution in [0.1, 0.15) is 30.3 Å². The third-order valence-electron chi connectivity index (χ3n) is 6.77. The van der Waals surface area contributed by atoms with Crippen LogP contribution in [-0.2, 0) is 11.3 Å². The topological polar surface area (TPSA) is 111 Å². The number of nitrogens with zero attached hydrogens (tertiary/aromatic N) is 6. The van der Waals surface area contributed by atoms with Gasteiger partial charge in [0.15, 0.2) is 17.3 Å². The predicted octanol–water partition coefficient (Wildman–Crippen LogP) is 0.759. The van der Waals surface area contributed by atoms with E-state index >= 15 is 0 Å². The Morgan fingerprint density at radius 1 is 1.15 bits per heavy atom. The lowest BCUT2D eigenvalue weighted by Gasteiger charge is -2.37. The SMILES string of the molecule is CN1CCN([C@H](c2cc3cc4c(cc3[nH]c2=O)OCO4)c2nnnn2C[C@H]2CCCO2)CC1. The average molecular weight is 454 g/mol. The maximum Gasteiger partial charge on any atom is 0.253 e. The van der Waals surface area contributed by atoms with Crippen molar-refractivity contribution >= 4 is 10.9 Å². The maximum absolute atomic E-state index is 13.4. The molecule has 5 heterocycles. The number of piperazine rings is 1. The summed E-state index contributed by atoms with van der Waals surface area (Å²) in [6, 6.07) is 5.29. The van der Waals surface area contributed by atoms with Crippen LogP contribution in [0.5, 0.6) is 11.5 Å². The number of hydrogen-bond donors (Lipinski definition) is 1. The standard InChI is InChI=1S/C22H27N7O4/c1-27-4-6-28(7-5-27)20(21-24-25-26-29(21)12-15-3-2-8-31-15)16-9-14-10-18-19(33-13-32-18)11-17(14)23-22(16)30/h9-11,15,20H,2-8,12-13H2,1H3,(H,23,30)/t15-,20-/m1/s1. The number of ether oxygens (including phenoxy) is 3. The highest BCUT2D eigenvalue weighted by Gasteiger charge is 2.33. The van der Waals surface area contributed by atoms with E-state index in [-0.39, 0.29) is 24.5 Å². The highest BCUT2D eigenvalue weighted by Crippen LogP contribution is 2.36. The van der Waals surface area contributed by atoms with E-state index in [4.69, 9.17) is 14.2 Å². The van der Waals surface area contributed by atoms with E-state index in [1.165, 1.54) is 0 Å². The van der Waals surface area contributed by atoms with Crippen molar-refractivity contribution in [1.82, 2.24) is 35.0 Å². The molecule has 0 amide bonds. The minimum Gasteiger partial charge on any atom is -0.454 e. The molecule has 2 aromatic heterocycles. The summed E-state index contributed by atoms with van der Waals surface area (Å²) in [6.07, 6.45) is 2.13. The molecule has 33 heavy (non-hydrogen) atoms. The first-order valence-corrected chi connectivity index (χ1v) is 11.4. The van der Waals surface area contributed by atoms with Crippen LogP contribution in [0.25, 0.3) is 10.9 Å². The third kappa shape index (κ3) is 3.85. The van der Waals surface area contributed by atoms with Crippen molar-refractivity contribution in [2.75, 3.05) is 46.6 Å². The lowest BCUT2D eigenvalue weighted by atomic mass is 10.0. The van der Waals surface area contributed by atoms with Crippen molar-refractivity contribution in [2.24, 2.45) is 0 Å². The number of benzene rings is 1. The molecule has 2 fully saturated rings. The van der Waals surface area contributed by atoms with Gasteiger partial charge in [0.25, 0.3) is 5.56 Å². The average Bonchev–Trinajstić information content (AvgIpc) is 3.57. The summed E-state index contributed by atoms with van der Waals surface area (Å²) in [6.45, 7) is 4.98. The fraction of sp³-hybridized carbons (Fsp3) is 0.545. The summed E-state index contributed by atoms with van der Waals surface area (Å²) in [7, 11) is 2.11. The molecular weight excluding hydrogens is 426 g/mol. The second-order valence-electron chi connectivity index (χ2n) is 8.94. The molecule has 1 N–H and O–H groups in total. The highest BCUT2D eigenvalue weighted by molar-refractivity contribution is 5.83. The lowest BCUT2D eigenvalue weighted by Crippen LogP contribution is -2.47. The molecule has 2 atom stereocenters. The molecule has 3 aromatic rings. The zero-order valence-corrected chi connectivity index (χ0v) is 18.6. The molecule has 0 aliphatic carbocycles. The second-order valence-corrected chi connectivity index (χ2v) is 8.94. The number of aromatic nitrogens is 5. The number of fused-ring (bicyclic) bond motifs is 2. The summed E-state index contributed by atoms with van der Waals surface area (Å²) in [5.41, 5.74) is 1.18. The van der Waals surface area contributed by atoms with Crippen molar-refractivity contribution in [3.63, 3.8) is 0 Å². The van der Waals surface area contributed by atoms with E-state index in [9.17, 15) is 4.79 Å². The Morgan fingerprint density at radius 2 is 1.97 bits per heavy atom. The fourth-order valence-electron chi connectivity index (χ4n) is 4.91. The van der Waals surface area contributed by atoms with Crippen molar-refractivity contribution in [1.29, 1.82) is 0 Å². The van der Waals surface area contributed by atoms with Crippen molar-refractivity contribution in [3.05, 3.63) is 39.9 Å². The number of H-pyrrole nitrogens is 1. The van der Waals surface area contributed by atoms with Gasteiger partial charge in [-0.05, 0) is 42.4 Å². The molecule has 0 bridgehead atoms. The number of likely N-dealkylation sites (N-methyl/N-ethyl adjacent to an activating group) is 1. The Morgan fingerprint density at radius 3 is 2.76 bits per heavy atom. The van der Waals surface area contributed by atoms with E-state index in [1.54, 1.807) is 0 Å². The van der Waals surface area contributed by atoms with Gasteiger partial charge in [0, 0.05) is 49.8 Å². The number of nitrogens with one attached hydrogen (secondary N) is 1. The molecule has 0 radical (unpaired) electrons. The first-order chi connectivity index (χ1) is 16.2. The Labute approximate surface area is 190 Å². The van der Waals surface area contributed by atoms with Gasteiger partial charge >= 0.3 is 0 Å². The molecule has 2 saturated heterocycles. The highest BCUT2D eigenvalue weighted by atomic mass is 16.7. The van der Waals surface area contributed by atoms with E-state index < -0.39 is 0 Å². The largest absolute Gasteiger partial charge is 0.454 e. The van der Waals surface area contributed by atoms with Crippen LogP contribution < -0.4 is 15.0 Å². The Bertz CT molecular complexity index is 1210. The molecule has 174 valence electrons. The van der Waals surface area contributed by atoms with Gasteiger partial charge in [0.05, 0.1) is 18.2 Å². The smallest absolute Gasteiger partial charge is 0.253 e. The van der Waals surface area contributed by atoms with Gasteiger partial charge < -0.3 is 24.1 Å². The molecule has 6 rings (SSSR count). The van der Waals surface area contributed by atoms with Gasteiger partial charge in [-0.3, -0.25) is 9.69 Å². The monoisotopic (exact) mass is 453 g/mol. The van der Waals surface area contributed by atoms with E-state index in [0.29, 0.717) is 34.9 Å². The molecular formula is C22H27N7O4. The summed E-state index contributed by atoms with van der Waals surface area (Å²) in [5, 5.41) is 13.5. The van der Waals surface area contributed by atoms with E-state index in [1.807, 2.05) is 22.9 Å². The van der Waals surface area contributed by atoms with Gasteiger partial charge in [-0.15, -0.1) is 5.10 Å². The fourth-order valence-corrected chi connectivity index (χ4v) is 4.91. The molecule has 3 aliphatic rings. The first kappa shape index (κ1) is 20.6. The van der Waals surface area contributed by atoms with Crippen LogP contribution in [0.2, 0.25) is 0 Å². The Balaban J connectivity index is 1.44. The van der Waals surface area contributed by atoms with Gasteiger partial charge in [0.1, 0.15) is 6.04 Å². The van der Waals surface area contributed by atoms with Crippen LogP contribution >= 0.6 is 0 Å². The summed E-state index contributed by atoms with van der Waals surface area (Å²) in [5.74, 6) is 1.99. The number of pyridine rings is 1. The normalized spacial score (nSPS) is 22.3. The second kappa shape index (κ2) is 8.40. The molecule has 0 spiro atoms. The Hall–Kier alpha value is -3.02. The number of aromatic amines is 1. The van der Waals surface area contributed by atoms with Crippen molar-refractivity contribution < 1.29 is 14.2 Å². The lowest BCUT2D eigenvalue weighted by molar-refractivity contribution is 0.0878. The molecule has 0 saturated carbocycles. The van der Waals surface area contributed by atoms with Crippen LogP contribution in [0.4, 0.5) is 0 Å². The molecule has 3 aliphatic heterocycles. The van der Waals surface area contributed by atoms with Crippen molar-refractivity contribution in [3.8, 4) is 11.5 Å². The van der Waals surface area contributed by atoms with E-state index in [0.717, 1.165) is 51.0 Å². The predicted molar refractivity (Wildman–Crippen MR) is 118 cm³/mol. The number of tetrazole rings is 1. The molecule has 0 unspecified atom stereocenters. The molecule has 1 aromatic carbocycles. The summed E-state index contributed by atoms with van der Waals surface area (Å²) in [4.78, 5) is 21.0. The van der Waals surface area contributed by atoms with Gasteiger partial charge in [-0.2, -0.15) is 0 Å². The zero-order chi connectivity index (χ0) is 22.4. The zero-order valence-electron chi connectivity index (χ0n) is 18.6. The van der Waals surface area contributed by atoms with Crippen molar-refractivity contribution in [2.45, 2.75) is 31.5 Å². The maximum atomic E-state index is 13.4. The van der Waals surface area contributed by atoms with E-state index in [2.05, 4.69) is 37.4 Å². The summed E-state index contributed by atoms with van der Waals surface area (Å²) < 4.78 is 18.6. The first-order valence-electron chi connectivity index (χ1n) is 11.4. The van der Waals surface area contributed by atoms with Crippen LogP contribution in [0.15, 0.2) is 23.0 Å². The minimum absolute atomic E-state index is 0.0926. The van der Waals surface area contributed by atoms with Gasteiger partial charge in [-0.1, -0.05) is 0 Å². The Kier molecular flexibility index (Phi) is 5.24. The number of hydrogen-bond acceptors (Lipinski definition) is 9. The number of rotatable bonds is 5.